The number of anilines is 1. The second-order valence-corrected chi connectivity index (χ2v) is 9.16. The zero-order valence-electron chi connectivity index (χ0n) is 16.3. The summed E-state index contributed by atoms with van der Waals surface area (Å²) in [6.07, 6.45) is -2.58. The van der Waals surface area contributed by atoms with Crippen molar-refractivity contribution in [3.05, 3.63) is 91.6 Å². The summed E-state index contributed by atoms with van der Waals surface area (Å²) in [6.45, 7) is 0. The fraction of sp³-hybridized carbons (Fsp3) is 0.0909. The molecule has 2 aromatic carbocycles. The molecule has 0 aliphatic rings. The van der Waals surface area contributed by atoms with Gasteiger partial charge in [0.05, 0.1) is 10.6 Å². The van der Waals surface area contributed by atoms with E-state index in [1.807, 2.05) is 0 Å². The number of nitrogens with zero attached hydrogens (tertiary/aromatic N) is 1. The van der Waals surface area contributed by atoms with E-state index in [0.717, 1.165) is 22.6 Å². The fourth-order valence-electron chi connectivity index (χ4n) is 2.99. The Morgan fingerprint density at radius 3 is 2.45 bits per heavy atom. The lowest BCUT2D eigenvalue weighted by Crippen LogP contribution is -2.10. The fourth-order valence-corrected chi connectivity index (χ4v) is 4.57. The molecule has 0 aliphatic heterocycles. The predicted octanol–water partition coefficient (Wildman–Crippen LogP) is 8.23. The molecule has 0 unspecified atom stereocenters. The first-order chi connectivity index (χ1) is 15.6. The van der Waals surface area contributed by atoms with E-state index >= 15 is 0 Å². The van der Waals surface area contributed by atoms with Gasteiger partial charge >= 0.3 is 6.18 Å². The molecule has 0 spiro atoms. The number of carbonyl (C=O) groups excluding carboxylic acids is 1. The zero-order valence-corrected chi connectivity index (χ0v) is 19.4. The quantitative estimate of drug-likeness (QED) is 0.282. The Labute approximate surface area is 204 Å². The number of nitrogens with one attached hydrogen (secondary N) is 1. The number of aromatic nitrogens is 1. The lowest BCUT2D eigenvalue weighted by atomic mass is 10.1. The number of alkyl halides is 3. The first-order valence-electron chi connectivity index (χ1n) is 9.27. The maximum Gasteiger partial charge on any atom is 0.417 e. The predicted molar refractivity (Wildman–Crippen MR) is 123 cm³/mol. The van der Waals surface area contributed by atoms with Crippen molar-refractivity contribution in [1.82, 2.24) is 4.98 Å². The van der Waals surface area contributed by atoms with Crippen molar-refractivity contribution >= 4 is 57.2 Å². The number of amides is 1. The maximum absolute atomic E-state index is 13.1. The van der Waals surface area contributed by atoms with Crippen molar-refractivity contribution in [3.63, 3.8) is 0 Å². The van der Waals surface area contributed by atoms with Crippen molar-refractivity contribution in [2.45, 2.75) is 12.6 Å². The monoisotopic (exact) mass is 530 g/mol. The van der Waals surface area contributed by atoms with Gasteiger partial charge in [-0.05, 0) is 48.0 Å². The van der Waals surface area contributed by atoms with Crippen LogP contribution in [0.1, 0.15) is 26.6 Å². The largest absolute Gasteiger partial charge is 0.451 e. The van der Waals surface area contributed by atoms with Gasteiger partial charge < -0.3 is 4.42 Å². The first kappa shape index (κ1) is 23.6. The van der Waals surface area contributed by atoms with Crippen LogP contribution in [-0.4, -0.2) is 10.9 Å². The van der Waals surface area contributed by atoms with Crippen LogP contribution in [0, 0.1) is 0 Å². The van der Waals surface area contributed by atoms with Gasteiger partial charge in [-0.25, -0.2) is 4.98 Å². The van der Waals surface area contributed by atoms with Crippen molar-refractivity contribution in [2.75, 3.05) is 5.32 Å². The van der Waals surface area contributed by atoms with E-state index in [4.69, 9.17) is 39.2 Å². The molecule has 0 saturated carbocycles. The molecule has 0 atom stereocenters. The molecule has 33 heavy (non-hydrogen) atoms. The van der Waals surface area contributed by atoms with Gasteiger partial charge in [0.2, 0.25) is 0 Å². The van der Waals surface area contributed by atoms with E-state index in [2.05, 4.69) is 10.3 Å². The summed E-state index contributed by atoms with van der Waals surface area (Å²) in [5.41, 5.74) is -0.101. The molecule has 2 aromatic heterocycles. The molecule has 4 nitrogen and oxygen atoms in total. The van der Waals surface area contributed by atoms with Crippen LogP contribution in [0.2, 0.25) is 15.1 Å². The molecular weight excluding hydrogens is 520 g/mol. The van der Waals surface area contributed by atoms with Gasteiger partial charge in [0, 0.05) is 33.1 Å². The van der Waals surface area contributed by atoms with Crippen molar-refractivity contribution in [1.29, 1.82) is 0 Å². The minimum absolute atomic E-state index is 0.0839. The number of furan rings is 1. The van der Waals surface area contributed by atoms with Gasteiger partial charge in [-0.15, -0.1) is 11.3 Å². The van der Waals surface area contributed by atoms with Crippen LogP contribution in [0.15, 0.2) is 59.1 Å². The lowest BCUT2D eigenvalue weighted by molar-refractivity contribution is -0.137. The highest BCUT2D eigenvalue weighted by Gasteiger charge is 2.33. The molecule has 0 fully saturated rings. The highest BCUT2D eigenvalue weighted by Crippen LogP contribution is 2.37. The van der Waals surface area contributed by atoms with Crippen LogP contribution in [-0.2, 0) is 12.6 Å². The van der Waals surface area contributed by atoms with E-state index < -0.39 is 22.7 Å². The van der Waals surface area contributed by atoms with E-state index in [1.54, 1.807) is 24.4 Å². The minimum atomic E-state index is -4.61. The molecule has 11 heteroatoms. The molecule has 0 radical (unpaired) electrons. The third kappa shape index (κ3) is 5.35. The average Bonchev–Trinajstić information content (AvgIpc) is 3.40. The molecule has 1 amide bonds. The number of carbonyl (C=O) groups is 1. The molecule has 0 saturated heterocycles. The average molecular weight is 532 g/mol. The molecule has 1 N–H and O–H groups in total. The lowest BCUT2D eigenvalue weighted by Gasteiger charge is -2.09. The highest BCUT2D eigenvalue weighted by atomic mass is 35.5. The van der Waals surface area contributed by atoms with E-state index in [1.165, 1.54) is 29.5 Å². The summed E-state index contributed by atoms with van der Waals surface area (Å²) in [6, 6.07) is 11.4. The number of hydrogen-bond acceptors (Lipinski definition) is 4. The maximum atomic E-state index is 13.1. The topological polar surface area (TPSA) is 55.1 Å². The van der Waals surface area contributed by atoms with E-state index in [-0.39, 0.29) is 17.1 Å². The second kappa shape index (κ2) is 9.38. The minimum Gasteiger partial charge on any atom is -0.451 e. The molecule has 4 rings (SSSR count). The molecule has 170 valence electrons. The standard InChI is InChI=1S/C22H12Cl3F3N2O2S/c23-15-2-1-3-16(24)13(15)9-12-10-29-21(33-12)30-20(31)19-7-6-18(32-19)11-4-5-17(25)14(8-11)22(26,27)28/h1-8,10H,9H2,(H,29,30,31). The summed E-state index contributed by atoms with van der Waals surface area (Å²) in [5.74, 6) is -0.585. The molecule has 2 heterocycles. The first-order valence-corrected chi connectivity index (χ1v) is 11.2. The number of rotatable bonds is 5. The summed E-state index contributed by atoms with van der Waals surface area (Å²) in [4.78, 5) is 17.5. The zero-order chi connectivity index (χ0) is 23.8. The van der Waals surface area contributed by atoms with Gasteiger partial charge in [-0.1, -0.05) is 40.9 Å². The van der Waals surface area contributed by atoms with Crippen molar-refractivity contribution in [2.24, 2.45) is 0 Å². The van der Waals surface area contributed by atoms with Crippen LogP contribution in [0.25, 0.3) is 11.3 Å². The van der Waals surface area contributed by atoms with Crippen LogP contribution in [0.5, 0.6) is 0 Å². The Morgan fingerprint density at radius 2 is 1.76 bits per heavy atom. The molecule has 4 aromatic rings. The Balaban J connectivity index is 1.48. The second-order valence-electron chi connectivity index (χ2n) is 6.82. The van der Waals surface area contributed by atoms with Crippen LogP contribution in [0.4, 0.5) is 18.3 Å². The summed E-state index contributed by atoms with van der Waals surface area (Å²) >= 11 is 19.3. The summed E-state index contributed by atoms with van der Waals surface area (Å²) in [7, 11) is 0. The van der Waals surface area contributed by atoms with Crippen LogP contribution >= 0.6 is 46.1 Å². The number of hydrogen-bond donors (Lipinski definition) is 1. The third-order valence-corrected chi connectivity index (χ3v) is 6.52. The Bertz CT molecular complexity index is 1310. The van der Waals surface area contributed by atoms with Gasteiger partial charge in [-0.2, -0.15) is 13.2 Å². The molecule has 0 bridgehead atoms. The number of thiazole rings is 1. The summed E-state index contributed by atoms with van der Waals surface area (Å²) < 4.78 is 44.8. The van der Waals surface area contributed by atoms with Gasteiger partial charge in [0.25, 0.3) is 5.91 Å². The highest BCUT2D eigenvalue weighted by molar-refractivity contribution is 7.15. The number of benzene rings is 2. The Hall–Kier alpha value is -2.52. The summed E-state index contributed by atoms with van der Waals surface area (Å²) in [5, 5.41) is 3.57. The van der Waals surface area contributed by atoms with Crippen molar-refractivity contribution in [3.8, 4) is 11.3 Å². The third-order valence-electron chi connectivity index (χ3n) is 4.57. The van der Waals surface area contributed by atoms with Gasteiger partial charge in [0.1, 0.15) is 5.76 Å². The van der Waals surface area contributed by atoms with Crippen molar-refractivity contribution < 1.29 is 22.4 Å². The van der Waals surface area contributed by atoms with Gasteiger partial charge in [0.15, 0.2) is 10.9 Å². The van der Waals surface area contributed by atoms with E-state index in [9.17, 15) is 18.0 Å². The Morgan fingerprint density at radius 1 is 1.03 bits per heavy atom. The Kier molecular flexibility index (Phi) is 6.72. The number of halogens is 6. The van der Waals surface area contributed by atoms with Crippen LogP contribution in [0.3, 0.4) is 0 Å². The smallest absolute Gasteiger partial charge is 0.417 e. The van der Waals surface area contributed by atoms with Gasteiger partial charge in [-0.3, -0.25) is 10.1 Å². The molecular formula is C22H12Cl3F3N2O2S. The van der Waals surface area contributed by atoms with E-state index in [0.29, 0.717) is 21.6 Å². The SMILES string of the molecule is O=C(Nc1ncc(Cc2c(Cl)cccc2Cl)s1)c1ccc(-c2ccc(Cl)c(C(F)(F)F)c2)o1. The normalized spacial score (nSPS) is 11.6. The molecule has 0 aliphatic carbocycles. The van der Waals surface area contributed by atoms with Crippen LogP contribution < -0.4 is 5.32 Å².